The second-order valence-electron chi connectivity index (χ2n) is 7.90. The molecule has 0 unspecified atom stereocenters. The maximum Gasteiger partial charge on any atom is 0.274 e. The summed E-state index contributed by atoms with van der Waals surface area (Å²) in [5.41, 5.74) is 3.90. The van der Waals surface area contributed by atoms with Crippen molar-refractivity contribution in [1.29, 1.82) is 0 Å². The standard InChI is InChI=1S/C19H25FN2O2/c20-17-10-14(18(23)21-24)8-13-9-15-4-7-19(5-2-1-3-6-19)12-22(15)11-16(13)17/h8,10,15,24H,1-7,9,11-12H2,(H,21,23)/t15-/m1/s1. The summed E-state index contributed by atoms with van der Waals surface area (Å²) in [7, 11) is 0. The fourth-order valence-electron chi connectivity index (χ4n) is 5.13. The molecule has 1 saturated heterocycles. The number of halogens is 1. The van der Waals surface area contributed by atoms with E-state index in [0.717, 1.165) is 30.5 Å². The second kappa shape index (κ2) is 6.12. The molecular formula is C19H25FN2O2. The lowest BCUT2D eigenvalue weighted by Gasteiger charge is -2.51. The van der Waals surface area contributed by atoms with Gasteiger partial charge < -0.3 is 0 Å². The highest BCUT2D eigenvalue weighted by atomic mass is 19.1. The summed E-state index contributed by atoms with van der Waals surface area (Å²) in [5.74, 6) is -0.975. The van der Waals surface area contributed by atoms with Crippen molar-refractivity contribution in [3.05, 3.63) is 34.6 Å². The van der Waals surface area contributed by atoms with Gasteiger partial charge >= 0.3 is 0 Å². The predicted octanol–water partition coefficient (Wildman–Crippen LogP) is 3.42. The van der Waals surface area contributed by atoms with Gasteiger partial charge in [-0.05, 0) is 55.2 Å². The van der Waals surface area contributed by atoms with Gasteiger partial charge in [0.25, 0.3) is 5.91 Å². The quantitative estimate of drug-likeness (QED) is 0.612. The van der Waals surface area contributed by atoms with Crippen molar-refractivity contribution in [2.75, 3.05) is 6.54 Å². The molecule has 1 atom stereocenters. The van der Waals surface area contributed by atoms with Crippen LogP contribution in [0.2, 0.25) is 0 Å². The van der Waals surface area contributed by atoms with E-state index < -0.39 is 5.91 Å². The van der Waals surface area contributed by atoms with Gasteiger partial charge in [0.15, 0.2) is 0 Å². The number of hydrogen-bond donors (Lipinski definition) is 2. The minimum absolute atomic E-state index is 0.196. The van der Waals surface area contributed by atoms with Crippen LogP contribution in [-0.4, -0.2) is 28.6 Å². The number of nitrogens with zero attached hydrogens (tertiary/aromatic N) is 1. The summed E-state index contributed by atoms with van der Waals surface area (Å²) in [6, 6.07) is 3.44. The van der Waals surface area contributed by atoms with E-state index >= 15 is 0 Å². The van der Waals surface area contributed by atoms with Crippen LogP contribution in [-0.2, 0) is 13.0 Å². The van der Waals surface area contributed by atoms with Crippen LogP contribution in [0.4, 0.5) is 4.39 Å². The predicted molar refractivity (Wildman–Crippen MR) is 88.3 cm³/mol. The third-order valence-electron chi connectivity index (χ3n) is 6.45. The Morgan fingerprint density at radius 1 is 1.25 bits per heavy atom. The lowest BCUT2D eigenvalue weighted by atomic mass is 9.67. The van der Waals surface area contributed by atoms with Crippen LogP contribution in [0.1, 0.15) is 66.4 Å². The van der Waals surface area contributed by atoms with Crippen molar-refractivity contribution in [3.8, 4) is 0 Å². The highest BCUT2D eigenvalue weighted by Crippen LogP contribution is 2.46. The Bertz CT molecular complexity index is 655. The number of amides is 1. The number of carbonyl (C=O) groups is 1. The first kappa shape index (κ1) is 16.0. The Morgan fingerprint density at radius 2 is 2.04 bits per heavy atom. The van der Waals surface area contributed by atoms with E-state index in [1.54, 1.807) is 11.5 Å². The van der Waals surface area contributed by atoms with Crippen molar-refractivity contribution in [2.45, 2.75) is 64.0 Å². The molecule has 130 valence electrons. The fraction of sp³-hybridized carbons (Fsp3) is 0.632. The summed E-state index contributed by atoms with van der Waals surface area (Å²) in [6.45, 7) is 1.74. The van der Waals surface area contributed by atoms with Gasteiger partial charge in [-0.1, -0.05) is 19.3 Å². The Labute approximate surface area is 142 Å². The van der Waals surface area contributed by atoms with Crippen molar-refractivity contribution in [2.24, 2.45) is 5.41 Å². The molecule has 5 heteroatoms. The number of rotatable bonds is 1. The molecule has 0 radical (unpaired) electrons. The maximum atomic E-state index is 14.5. The van der Waals surface area contributed by atoms with E-state index in [-0.39, 0.29) is 11.4 Å². The third-order valence-corrected chi connectivity index (χ3v) is 6.45. The molecule has 2 heterocycles. The van der Waals surface area contributed by atoms with Gasteiger partial charge in [-0.2, -0.15) is 0 Å². The molecule has 4 nitrogen and oxygen atoms in total. The number of carbonyl (C=O) groups excluding carboxylic acids is 1. The SMILES string of the molecule is O=C(NO)c1cc(F)c2c(c1)C[C@H]1CCC3(CCCCC3)CN1C2. The van der Waals surface area contributed by atoms with Crippen LogP contribution in [0.15, 0.2) is 12.1 Å². The topological polar surface area (TPSA) is 52.6 Å². The van der Waals surface area contributed by atoms with Crippen LogP contribution >= 0.6 is 0 Å². The molecule has 3 aliphatic rings. The van der Waals surface area contributed by atoms with Crippen molar-refractivity contribution in [1.82, 2.24) is 10.4 Å². The summed E-state index contributed by atoms with van der Waals surface area (Å²) < 4.78 is 14.5. The first-order valence-corrected chi connectivity index (χ1v) is 9.10. The van der Waals surface area contributed by atoms with Gasteiger partial charge in [0, 0.05) is 30.3 Å². The number of fused-ring (bicyclic) bond motifs is 2. The van der Waals surface area contributed by atoms with Gasteiger partial charge in [-0.3, -0.25) is 14.9 Å². The van der Waals surface area contributed by atoms with Gasteiger partial charge in [-0.25, -0.2) is 9.87 Å². The molecule has 4 rings (SSSR count). The molecule has 1 saturated carbocycles. The highest BCUT2D eigenvalue weighted by molar-refractivity contribution is 5.93. The molecule has 0 aromatic heterocycles. The van der Waals surface area contributed by atoms with Crippen LogP contribution in [0.25, 0.3) is 0 Å². The van der Waals surface area contributed by atoms with Crippen molar-refractivity contribution >= 4 is 5.91 Å². The smallest absolute Gasteiger partial charge is 0.274 e. The molecule has 0 bridgehead atoms. The number of nitrogens with one attached hydrogen (secondary N) is 1. The van der Waals surface area contributed by atoms with Gasteiger partial charge in [0.1, 0.15) is 5.82 Å². The molecule has 24 heavy (non-hydrogen) atoms. The molecule has 1 amide bonds. The lowest BCUT2D eigenvalue weighted by molar-refractivity contribution is 0.00476. The maximum absolute atomic E-state index is 14.5. The Hall–Kier alpha value is -1.46. The van der Waals surface area contributed by atoms with E-state index in [0.29, 0.717) is 18.0 Å². The molecule has 1 spiro atoms. The van der Waals surface area contributed by atoms with Crippen LogP contribution in [0.5, 0.6) is 0 Å². The molecule has 1 aliphatic carbocycles. The Balaban J connectivity index is 1.59. The van der Waals surface area contributed by atoms with Crippen LogP contribution in [0.3, 0.4) is 0 Å². The number of benzene rings is 1. The van der Waals surface area contributed by atoms with E-state index in [9.17, 15) is 9.18 Å². The molecule has 1 aromatic carbocycles. The van der Waals surface area contributed by atoms with Gasteiger partial charge in [0.05, 0.1) is 0 Å². The van der Waals surface area contributed by atoms with E-state index in [1.165, 1.54) is 44.6 Å². The molecule has 2 aliphatic heterocycles. The van der Waals surface area contributed by atoms with Crippen LogP contribution < -0.4 is 5.48 Å². The fourth-order valence-corrected chi connectivity index (χ4v) is 5.13. The normalized spacial score (nSPS) is 25.8. The van der Waals surface area contributed by atoms with E-state index in [1.807, 2.05) is 0 Å². The molecule has 2 N–H and O–H groups in total. The van der Waals surface area contributed by atoms with Gasteiger partial charge in [-0.15, -0.1) is 0 Å². The summed E-state index contributed by atoms with van der Waals surface area (Å²) in [5, 5.41) is 8.78. The molecular weight excluding hydrogens is 307 g/mol. The second-order valence-corrected chi connectivity index (χ2v) is 7.90. The van der Waals surface area contributed by atoms with Crippen molar-refractivity contribution in [3.63, 3.8) is 0 Å². The number of hydroxylamine groups is 1. The van der Waals surface area contributed by atoms with Crippen molar-refractivity contribution < 1.29 is 14.4 Å². The van der Waals surface area contributed by atoms with Crippen LogP contribution in [0, 0.1) is 11.2 Å². The average molecular weight is 332 g/mol. The first-order valence-electron chi connectivity index (χ1n) is 9.10. The monoisotopic (exact) mass is 332 g/mol. The number of hydrogen-bond acceptors (Lipinski definition) is 3. The summed E-state index contributed by atoms with van der Waals surface area (Å²) in [4.78, 5) is 14.1. The zero-order chi connectivity index (χ0) is 16.7. The Kier molecular flexibility index (Phi) is 4.09. The Morgan fingerprint density at radius 3 is 2.79 bits per heavy atom. The van der Waals surface area contributed by atoms with E-state index in [2.05, 4.69) is 4.90 Å². The summed E-state index contributed by atoms with van der Waals surface area (Å²) in [6.07, 6.45) is 9.92. The molecule has 1 aromatic rings. The zero-order valence-corrected chi connectivity index (χ0v) is 14.0. The largest absolute Gasteiger partial charge is 0.295 e. The third kappa shape index (κ3) is 2.74. The van der Waals surface area contributed by atoms with E-state index in [4.69, 9.17) is 5.21 Å². The summed E-state index contributed by atoms with van der Waals surface area (Å²) >= 11 is 0. The highest BCUT2D eigenvalue weighted by Gasteiger charge is 2.42. The number of piperidine rings is 1. The van der Waals surface area contributed by atoms with Gasteiger partial charge in [0.2, 0.25) is 0 Å². The lowest BCUT2D eigenvalue weighted by Crippen LogP contribution is -2.52. The first-order chi connectivity index (χ1) is 11.6. The molecule has 2 fully saturated rings. The zero-order valence-electron chi connectivity index (χ0n) is 14.0. The average Bonchev–Trinajstić information content (AvgIpc) is 2.60. The minimum atomic E-state index is -0.649. The minimum Gasteiger partial charge on any atom is -0.295 e.